The van der Waals surface area contributed by atoms with Gasteiger partial charge in [-0.05, 0) is 42.8 Å². The first-order chi connectivity index (χ1) is 8.97. The molecule has 5 N–H and O–H groups in total. The first-order valence-electron chi connectivity index (χ1n) is 5.70. The first-order valence-corrected chi connectivity index (χ1v) is 6.07. The second kappa shape index (κ2) is 5.20. The molecule has 0 aromatic heterocycles. The molecule has 0 saturated carbocycles. The minimum atomic E-state index is -0.522. The minimum absolute atomic E-state index is 0.367. The topological polar surface area (TPSA) is 81.1 Å². The van der Waals surface area contributed by atoms with Crippen LogP contribution in [0.25, 0.3) is 0 Å². The van der Waals surface area contributed by atoms with Gasteiger partial charge >= 0.3 is 0 Å². The minimum Gasteiger partial charge on any atom is -0.399 e. The fraction of sp³-hybridized carbons (Fsp3) is 0.0714. The third-order valence-electron chi connectivity index (χ3n) is 2.70. The summed E-state index contributed by atoms with van der Waals surface area (Å²) in [6.45, 7) is 1.95. The Kier molecular flexibility index (Phi) is 3.62. The summed E-state index contributed by atoms with van der Waals surface area (Å²) in [4.78, 5) is 11.4. The third kappa shape index (κ3) is 2.98. The SMILES string of the molecule is Cc1ccc(Cl)c(Nc2cc(N)ccc2C(N)=O)c1. The van der Waals surface area contributed by atoms with Crippen molar-refractivity contribution in [3.05, 3.63) is 52.5 Å². The maximum absolute atomic E-state index is 11.4. The van der Waals surface area contributed by atoms with Gasteiger partial charge in [-0.15, -0.1) is 0 Å². The average molecular weight is 276 g/mol. The van der Waals surface area contributed by atoms with E-state index in [0.717, 1.165) is 5.56 Å². The number of rotatable bonds is 3. The van der Waals surface area contributed by atoms with Gasteiger partial charge < -0.3 is 16.8 Å². The van der Waals surface area contributed by atoms with Crippen LogP contribution in [0.15, 0.2) is 36.4 Å². The first kappa shape index (κ1) is 13.2. The van der Waals surface area contributed by atoms with E-state index in [9.17, 15) is 4.79 Å². The van der Waals surface area contributed by atoms with Gasteiger partial charge in [0.05, 0.1) is 22.0 Å². The van der Waals surface area contributed by atoms with Crippen molar-refractivity contribution in [3.63, 3.8) is 0 Å². The number of nitrogens with one attached hydrogen (secondary N) is 1. The number of benzene rings is 2. The number of nitrogen functional groups attached to an aromatic ring is 1. The highest BCUT2D eigenvalue weighted by atomic mass is 35.5. The number of amides is 1. The van der Waals surface area contributed by atoms with Crippen LogP contribution in [0.5, 0.6) is 0 Å². The molecule has 0 spiro atoms. The van der Waals surface area contributed by atoms with E-state index in [1.54, 1.807) is 24.3 Å². The lowest BCUT2D eigenvalue weighted by atomic mass is 10.1. The number of nitrogens with two attached hydrogens (primary N) is 2. The molecule has 19 heavy (non-hydrogen) atoms. The summed E-state index contributed by atoms with van der Waals surface area (Å²) in [5, 5.41) is 3.65. The normalized spacial score (nSPS) is 10.2. The number of aryl methyl sites for hydroxylation is 1. The van der Waals surface area contributed by atoms with Gasteiger partial charge in [0, 0.05) is 5.69 Å². The summed E-state index contributed by atoms with van der Waals surface area (Å²) in [7, 11) is 0. The van der Waals surface area contributed by atoms with E-state index in [2.05, 4.69) is 5.32 Å². The number of anilines is 3. The average Bonchev–Trinajstić information content (AvgIpc) is 2.33. The molecular formula is C14H14ClN3O. The summed E-state index contributed by atoms with van der Waals surface area (Å²) in [5.41, 5.74) is 14.3. The molecule has 0 radical (unpaired) electrons. The summed E-state index contributed by atoms with van der Waals surface area (Å²) in [6.07, 6.45) is 0. The fourth-order valence-corrected chi connectivity index (χ4v) is 1.92. The van der Waals surface area contributed by atoms with Gasteiger partial charge in [-0.2, -0.15) is 0 Å². The summed E-state index contributed by atoms with van der Waals surface area (Å²) in [6, 6.07) is 10.4. The summed E-state index contributed by atoms with van der Waals surface area (Å²) >= 11 is 6.11. The molecule has 5 heteroatoms. The molecule has 0 unspecified atom stereocenters. The molecule has 0 saturated heterocycles. The van der Waals surface area contributed by atoms with Gasteiger partial charge in [-0.3, -0.25) is 4.79 Å². The lowest BCUT2D eigenvalue weighted by molar-refractivity contribution is 0.100. The van der Waals surface area contributed by atoms with E-state index < -0.39 is 5.91 Å². The Labute approximate surface area is 116 Å². The second-order valence-corrected chi connectivity index (χ2v) is 4.68. The van der Waals surface area contributed by atoms with Crippen LogP contribution in [-0.2, 0) is 0 Å². The third-order valence-corrected chi connectivity index (χ3v) is 3.03. The van der Waals surface area contributed by atoms with Crippen molar-refractivity contribution in [2.75, 3.05) is 11.1 Å². The van der Waals surface area contributed by atoms with Crippen molar-refractivity contribution in [1.29, 1.82) is 0 Å². The molecule has 4 nitrogen and oxygen atoms in total. The lowest BCUT2D eigenvalue weighted by Crippen LogP contribution is -2.13. The molecule has 2 rings (SSSR count). The zero-order valence-electron chi connectivity index (χ0n) is 10.4. The van der Waals surface area contributed by atoms with Crippen LogP contribution < -0.4 is 16.8 Å². The zero-order valence-corrected chi connectivity index (χ0v) is 11.2. The van der Waals surface area contributed by atoms with Crippen LogP contribution in [0.3, 0.4) is 0 Å². The van der Waals surface area contributed by atoms with Crippen LogP contribution in [0.2, 0.25) is 5.02 Å². The molecule has 2 aromatic carbocycles. The Hall–Kier alpha value is -2.20. The number of carbonyl (C=O) groups excluding carboxylic acids is 1. The van der Waals surface area contributed by atoms with Crippen molar-refractivity contribution in [1.82, 2.24) is 0 Å². The molecule has 0 bridgehead atoms. The van der Waals surface area contributed by atoms with E-state index in [1.807, 2.05) is 19.1 Å². The highest BCUT2D eigenvalue weighted by Gasteiger charge is 2.10. The molecule has 0 fully saturated rings. The number of carbonyl (C=O) groups is 1. The maximum Gasteiger partial charge on any atom is 0.250 e. The van der Waals surface area contributed by atoms with Crippen LogP contribution in [-0.4, -0.2) is 5.91 Å². The molecule has 2 aromatic rings. The van der Waals surface area contributed by atoms with E-state index >= 15 is 0 Å². The highest BCUT2D eigenvalue weighted by Crippen LogP contribution is 2.29. The standard InChI is InChI=1S/C14H14ClN3O/c1-8-2-5-11(15)13(6-8)18-12-7-9(16)3-4-10(12)14(17)19/h2-7,18H,16H2,1H3,(H2,17,19). The van der Waals surface area contributed by atoms with E-state index in [4.69, 9.17) is 23.1 Å². The highest BCUT2D eigenvalue weighted by molar-refractivity contribution is 6.33. The molecule has 98 valence electrons. The van der Waals surface area contributed by atoms with Gasteiger partial charge in [0.2, 0.25) is 0 Å². The smallest absolute Gasteiger partial charge is 0.250 e. The van der Waals surface area contributed by atoms with Gasteiger partial charge in [-0.1, -0.05) is 17.7 Å². The Balaban J connectivity index is 2.45. The van der Waals surface area contributed by atoms with Gasteiger partial charge in [0.1, 0.15) is 0 Å². The van der Waals surface area contributed by atoms with Crippen molar-refractivity contribution in [2.24, 2.45) is 5.73 Å². The molecule has 0 aliphatic carbocycles. The van der Waals surface area contributed by atoms with E-state index in [1.165, 1.54) is 0 Å². The Morgan fingerprint density at radius 2 is 1.89 bits per heavy atom. The van der Waals surface area contributed by atoms with Crippen molar-refractivity contribution < 1.29 is 4.79 Å². The number of hydrogen-bond donors (Lipinski definition) is 3. The van der Waals surface area contributed by atoms with Crippen LogP contribution in [0.1, 0.15) is 15.9 Å². The van der Waals surface area contributed by atoms with Crippen LogP contribution >= 0.6 is 11.6 Å². The van der Waals surface area contributed by atoms with Gasteiger partial charge in [-0.25, -0.2) is 0 Å². The molecule has 1 amide bonds. The summed E-state index contributed by atoms with van der Waals surface area (Å²) < 4.78 is 0. The molecule has 0 heterocycles. The number of hydrogen-bond acceptors (Lipinski definition) is 3. The Morgan fingerprint density at radius 1 is 1.16 bits per heavy atom. The number of primary amides is 1. The quantitative estimate of drug-likeness (QED) is 0.753. The van der Waals surface area contributed by atoms with E-state index in [0.29, 0.717) is 27.6 Å². The molecule has 0 atom stereocenters. The predicted octanol–water partition coefficient (Wildman–Crippen LogP) is 3.07. The Bertz CT molecular complexity index is 641. The monoisotopic (exact) mass is 275 g/mol. The zero-order chi connectivity index (χ0) is 14.0. The lowest BCUT2D eigenvalue weighted by Gasteiger charge is -2.13. The molecule has 0 aliphatic heterocycles. The van der Waals surface area contributed by atoms with Gasteiger partial charge in [0.15, 0.2) is 0 Å². The van der Waals surface area contributed by atoms with Crippen molar-refractivity contribution in [2.45, 2.75) is 6.92 Å². The fourth-order valence-electron chi connectivity index (χ4n) is 1.76. The largest absolute Gasteiger partial charge is 0.399 e. The summed E-state index contributed by atoms with van der Waals surface area (Å²) in [5.74, 6) is -0.522. The predicted molar refractivity (Wildman–Crippen MR) is 78.8 cm³/mol. The van der Waals surface area contributed by atoms with Crippen LogP contribution in [0.4, 0.5) is 17.1 Å². The molecule has 0 aliphatic rings. The van der Waals surface area contributed by atoms with Gasteiger partial charge in [0.25, 0.3) is 5.91 Å². The number of halogens is 1. The van der Waals surface area contributed by atoms with Crippen LogP contribution in [0, 0.1) is 6.92 Å². The maximum atomic E-state index is 11.4. The van der Waals surface area contributed by atoms with Crippen molar-refractivity contribution in [3.8, 4) is 0 Å². The Morgan fingerprint density at radius 3 is 2.58 bits per heavy atom. The van der Waals surface area contributed by atoms with Crippen molar-refractivity contribution >= 4 is 34.6 Å². The second-order valence-electron chi connectivity index (χ2n) is 4.28. The molecular weight excluding hydrogens is 262 g/mol. The van der Waals surface area contributed by atoms with E-state index in [-0.39, 0.29) is 0 Å².